The van der Waals surface area contributed by atoms with Gasteiger partial charge in [-0.25, -0.2) is 0 Å². The summed E-state index contributed by atoms with van der Waals surface area (Å²) in [5.41, 5.74) is -0.356. The van der Waals surface area contributed by atoms with Crippen molar-refractivity contribution >= 4 is 20.4 Å². The molecule has 0 aromatic heterocycles. The summed E-state index contributed by atoms with van der Waals surface area (Å²) in [6, 6.07) is 11.3. The third-order valence-electron chi connectivity index (χ3n) is 3.59. The van der Waals surface area contributed by atoms with Crippen LogP contribution in [0.25, 0.3) is 0 Å². The SMILES string of the molecule is CCN(CC)CC.O=C([O-])c1ccccc1O.O=C([O-])c1ccccc1O.[B+2]. The van der Waals surface area contributed by atoms with Crippen molar-refractivity contribution in [1.82, 2.24) is 4.90 Å². The molecule has 1 radical (unpaired) electrons. The van der Waals surface area contributed by atoms with Gasteiger partial charge in [0.15, 0.2) is 0 Å². The predicted octanol–water partition coefficient (Wildman–Crippen LogP) is 0.479. The van der Waals surface area contributed by atoms with Crippen LogP contribution in [0.5, 0.6) is 11.5 Å². The van der Waals surface area contributed by atoms with Crippen molar-refractivity contribution in [2.24, 2.45) is 0 Å². The quantitative estimate of drug-likeness (QED) is 0.716. The largest absolute Gasteiger partial charge is 2.00 e. The third kappa shape index (κ3) is 10.2. The Morgan fingerprint density at radius 3 is 1.18 bits per heavy atom. The molecule has 0 aliphatic rings. The second-order valence-corrected chi connectivity index (χ2v) is 5.23. The van der Waals surface area contributed by atoms with Gasteiger partial charge in [-0.05, 0) is 43.9 Å². The summed E-state index contributed by atoms with van der Waals surface area (Å²) in [6.07, 6.45) is 0. The van der Waals surface area contributed by atoms with Gasteiger partial charge in [0.2, 0.25) is 0 Å². The Bertz CT molecular complexity index is 658. The molecule has 0 fully saturated rings. The fourth-order valence-corrected chi connectivity index (χ4v) is 1.96. The molecule has 7 nitrogen and oxygen atoms in total. The third-order valence-corrected chi connectivity index (χ3v) is 3.59. The first-order valence-electron chi connectivity index (χ1n) is 8.49. The normalized spacial score (nSPS) is 9.14. The van der Waals surface area contributed by atoms with Crippen molar-refractivity contribution < 1.29 is 30.0 Å². The molecule has 0 aliphatic heterocycles. The molecule has 2 rings (SSSR count). The maximum Gasteiger partial charge on any atom is 2.00 e. The number of rotatable bonds is 5. The number of carboxylic acids is 2. The van der Waals surface area contributed by atoms with Gasteiger partial charge in [-0.15, -0.1) is 0 Å². The zero-order valence-corrected chi connectivity index (χ0v) is 16.3. The minimum Gasteiger partial charge on any atom is -0.545 e. The Balaban J connectivity index is 0. The molecule has 0 unspecified atom stereocenters. The molecular formula is C20H25BNO6. The Morgan fingerprint density at radius 1 is 0.750 bits per heavy atom. The van der Waals surface area contributed by atoms with E-state index in [1.807, 2.05) is 0 Å². The second-order valence-electron chi connectivity index (χ2n) is 5.23. The van der Waals surface area contributed by atoms with Crippen LogP contribution in [0.1, 0.15) is 41.5 Å². The standard InChI is InChI=1S/2C7H6O3.C6H15N.B/c2*8-6-4-2-1-3-5(6)7(9)10;1-4-7(5-2)6-3;/h2*1-4,8H,(H,9,10);4-6H2,1-3H3;/q;;;+2/p-2. The van der Waals surface area contributed by atoms with E-state index < -0.39 is 11.9 Å². The van der Waals surface area contributed by atoms with E-state index in [9.17, 15) is 19.8 Å². The number of hydrogen-bond acceptors (Lipinski definition) is 7. The summed E-state index contributed by atoms with van der Waals surface area (Å²) in [5.74, 6) is -3.25. The summed E-state index contributed by atoms with van der Waals surface area (Å²) in [7, 11) is 0. The van der Waals surface area contributed by atoms with Crippen LogP contribution in [0.15, 0.2) is 48.5 Å². The first-order chi connectivity index (χ1) is 12.8. The number of nitrogens with zero attached hydrogens (tertiary/aromatic N) is 1. The van der Waals surface area contributed by atoms with Crippen molar-refractivity contribution in [3.63, 3.8) is 0 Å². The zero-order chi connectivity index (χ0) is 20.8. The summed E-state index contributed by atoms with van der Waals surface area (Å²) in [4.78, 5) is 22.7. The van der Waals surface area contributed by atoms with Gasteiger partial charge in [-0.1, -0.05) is 45.0 Å². The van der Waals surface area contributed by atoms with Gasteiger partial charge in [0.1, 0.15) is 11.5 Å². The topological polar surface area (TPSA) is 124 Å². The van der Waals surface area contributed by atoms with E-state index in [0.29, 0.717) is 0 Å². The number of carbonyl (C=O) groups excluding carboxylic acids is 2. The van der Waals surface area contributed by atoms with Gasteiger partial charge < -0.3 is 34.9 Å². The minimum absolute atomic E-state index is 0. The monoisotopic (exact) mass is 386 g/mol. The van der Waals surface area contributed by atoms with Crippen LogP contribution >= 0.6 is 0 Å². The minimum atomic E-state index is -1.36. The van der Waals surface area contributed by atoms with E-state index in [1.54, 1.807) is 12.1 Å². The number of para-hydroxylation sites is 2. The number of carbonyl (C=O) groups is 2. The molecule has 0 spiro atoms. The summed E-state index contributed by atoms with van der Waals surface area (Å²) in [5, 5.41) is 38.0. The van der Waals surface area contributed by atoms with Crippen LogP contribution in [0.3, 0.4) is 0 Å². The number of aromatic carboxylic acids is 2. The van der Waals surface area contributed by atoms with Crippen molar-refractivity contribution in [1.29, 1.82) is 0 Å². The second kappa shape index (κ2) is 15.1. The van der Waals surface area contributed by atoms with Crippen LogP contribution in [-0.4, -0.2) is 55.1 Å². The molecule has 0 heterocycles. The first kappa shape index (κ1) is 27.2. The molecule has 0 amide bonds. The Morgan fingerprint density at radius 2 is 1.04 bits per heavy atom. The number of hydrogen-bond donors (Lipinski definition) is 2. The molecular weight excluding hydrogens is 361 g/mol. The van der Waals surface area contributed by atoms with E-state index in [0.717, 1.165) is 0 Å². The van der Waals surface area contributed by atoms with Crippen molar-refractivity contribution in [3.8, 4) is 11.5 Å². The molecule has 2 N–H and O–H groups in total. The van der Waals surface area contributed by atoms with E-state index in [-0.39, 0.29) is 31.0 Å². The fraction of sp³-hybridized carbons (Fsp3) is 0.300. The van der Waals surface area contributed by atoms with Gasteiger partial charge in [-0.3, -0.25) is 0 Å². The van der Waals surface area contributed by atoms with Crippen molar-refractivity contribution in [3.05, 3.63) is 59.7 Å². The molecule has 2 aromatic rings. The Kier molecular flexibility index (Phi) is 14.7. The van der Waals surface area contributed by atoms with E-state index in [2.05, 4.69) is 25.7 Å². The van der Waals surface area contributed by atoms with Gasteiger partial charge >= 0.3 is 8.41 Å². The average Bonchev–Trinajstić information content (AvgIpc) is 2.64. The molecule has 0 saturated carbocycles. The number of benzene rings is 2. The van der Waals surface area contributed by atoms with Crippen LogP contribution in [0.4, 0.5) is 0 Å². The molecule has 149 valence electrons. The number of aromatic hydroxyl groups is 2. The van der Waals surface area contributed by atoms with E-state index in [1.165, 1.54) is 56.0 Å². The van der Waals surface area contributed by atoms with Gasteiger partial charge in [-0.2, -0.15) is 0 Å². The molecule has 0 aliphatic carbocycles. The summed E-state index contributed by atoms with van der Waals surface area (Å²) < 4.78 is 0. The molecule has 0 atom stereocenters. The summed E-state index contributed by atoms with van der Waals surface area (Å²) >= 11 is 0. The van der Waals surface area contributed by atoms with Crippen LogP contribution < -0.4 is 10.2 Å². The number of phenols is 2. The Labute approximate surface area is 167 Å². The van der Waals surface area contributed by atoms with E-state index in [4.69, 9.17) is 10.2 Å². The van der Waals surface area contributed by atoms with Gasteiger partial charge in [0.05, 0.1) is 11.9 Å². The average molecular weight is 386 g/mol. The molecule has 28 heavy (non-hydrogen) atoms. The first-order valence-corrected chi connectivity index (χ1v) is 8.49. The fourth-order valence-electron chi connectivity index (χ4n) is 1.96. The zero-order valence-electron chi connectivity index (χ0n) is 16.3. The Hall–Kier alpha value is -3.00. The molecule has 8 heteroatoms. The summed E-state index contributed by atoms with van der Waals surface area (Å²) in [6.45, 7) is 10.1. The van der Waals surface area contributed by atoms with E-state index >= 15 is 0 Å². The van der Waals surface area contributed by atoms with Gasteiger partial charge in [0.25, 0.3) is 0 Å². The van der Waals surface area contributed by atoms with Crippen molar-refractivity contribution in [2.45, 2.75) is 20.8 Å². The number of carboxylic acid groups (broad SMARTS) is 2. The molecule has 0 bridgehead atoms. The van der Waals surface area contributed by atoms with Gasteiger partial charge in [0, 0.05) is 11.1 Å². The maximum atomic E-state index is 10.2. The van der Waals surface area contributed by atoms with Crippen LogP contribution in [-0.2, 0) is 0 Å². The predicted molar refractivity (Wildman–Crippen MR) is 104 cm³/mol. The van der Waals surface area contributed by atoms with Crippen LogP contribution in [0.2, 0.25) is 0 Å². The molecule has 2 aromatic carbocycles. The van der Waals surface area contributed by atoms with Crippen LogP contribution in [0, 0.1) is 0 Å². The smallest absolute Gasteiger partial charge is 0.545 e. The molecule has 0 saturated heterocycles. The van der Waals surface area contributed by atoms with Crippen molar-refractivity contribution in [2.75, 3.05) is 19.6 Å². The maximum absolute atomic E-state index is 10.2.